The number of nitrogens with zero attached hydrogens (tertiary/aromatic N) is 2. The van der Waals surface area contributed by atoms with Crippen molar-refractivity contribution in [2.24, 2.45) is 0 Å². The Hall–Kier alpha value is -2.24. The molecule has 0 unspecified atom stereocenters. The molecule has 1 heterocycles. The number of urea groups is 1. The summed E-state index contributed by atoms with van der Waals surface area (Å²) in [6.45, 7) is 4.75. The minimum atomic E-state index is -0.0647. The number of para-hydroxylation sites is 1. The van der Waals surface area contributed by atoms with Crippen molar-refractivity contribution in [2.75, 3.05) is 39.3 Å². The summed E-state index contributed by atoms with van der Waals surface area (Å²) in [7, 11) is 0. The minimum absolute atomic E-state index is 0.0329. The van der Waals surface area contributed by atoms with E-state index in [0.29, 0.717) is 38.5 Å². The van der Waals surface area contributed by atoms with Crippen LogP contribution in [-0.4, -0.2) is 61.1 Å². The number of benzene rings is 1. The molecule has 0 bridgehead atoms. The van der Waals surface area contributed by atoms with E-state index in [9.17, 15) is 9.59 Å². The molecule has 1 saturated heterocycles. The van der Waals surface area contributed by atoms with E-state index in [1.54, 1.807) is 9.80 Å². The molecule has 3 amide bonds. The maximum atomic E-state index is 12.1. The first kappa shape index (κ1) is 15.2. The van der Waals surface area contributed by atoms with Crippen molar-refractivity contribution < 1.29 is 14.3 Å². The molecule has 1 fully saturated rings. The van der Waals surface area contributed by atoms with E-state index in [-0.39, 0.29) is 18.5 Å². The number of amides is 3. The summed E-state index contributed by atoms with van der Waals surface area (Å²) in [6, 6.07) is 9.20. The first-order valence-electron chi connectivity index (χ1n) is 7.19. The van der Waals surface area contributed by atoms with Crippen molar-refractivity contribution in [2.45, 2.75) is 6.92 Å². The van der Waals surface area contributed by atoms with Crippen LogP contribution in [0.3, 0.4) is 0 Å². The van der Waals surface area contributed by atoms with Crippen LogP contribution in [0, 0.1) is 0 Å². The van der Waals surface area contributed by atoms with Gasteiger partial charge in [-0.05, 0) is 19.1 Å². The van der Waals surface area contributed by atoms with Crippen LogP contribution in [0.25, 0.3) is 0 Å². The third-order valence-electron chi connectivity index (χ3n) is 3.35. The zero-order valence-corrected chi connectivity index (χ0v) is 12.2. The summed E-state index contributed by atoms with van der Waals surface area (Å²) in [5, 5.41) is 2.76. The van der Waals surface area contributed by atoms with E-state index in [4.69, 9.17) is 4.74 Å². The predicted octanol–water partition coefficient (Wildman–Crippen LogP) is 0.939. The molecule has 0 saturated carbocycles. The van der Waals surface area contributed by atoms with Gasteiger partial charge in [0, 0.05) is 32.7 Å². The fraction of sp³-hybridized carbons (Fsp3) is 0.467. The summed E-state index contributed by atoms with van der Waals surface area (Å²) >= 11 is 0. The molecule has 0 atom stereocenters. The van der Waals surface area contributed by atoms with Gasteiger partial charge in [-0.25, -0.2) is 4.79 Å². The summed E-state index contributed by atoms with van der Waals surface area (Å²) in [5.74, 6) is 0.640. The second-order valence-corrected chi connectivity index (χ2v) is 4.81. The highest BCUT2D eigenvalue weighted by atomic mass is 16.5. The minimum Gasteiger partial charge on any atom is -0.484 e. The molecule has 1 aliphatic rings. The smallest absolute Gasteiger partial charge is 0.317 e. The summed E-state index contributed by atoms with van der Waals surface area (Å²) in [6.07, 6.45) is 0. The molecule has 0 aliphatic carbocycles. The van der Waals surface area contributed by atoms with Crippen molar-refractivity contribution in [3.63, 3.8) is 0 Å². The van der Waals surface area contributed by atoms with Crippen molar-refractivity contribution in [1.82, 2.24) is 15.1 Å². The van der Waals surface area contributed by atoms with E-state index < -0.39 is 0 Å². The third kappa shape index (κ3) is 4.37. The van der Waals surface area contributed by atoms with Crippen molar-refractivity contribution in [3.8, 4) is 5.75 Å². The van der Waals surface area contributed by atoms with Crippen LogP contribution in [0.4, 0.5) is 4.79 Å². The number of carbonyl (C=O) groups is 2. The number of hydrogen-bond donors (Lipinski definition) is 1. The normalized spacial score (nSPS) is 14.7. The van der Waals surface area contributed by atoms with Crippen LogP contribution in [0.1, 0.15) is 6.92 Å². The second-order valence-electron chi connectivity index (χ2n) is 4.81. The Bertz CT molecular complexity index is 470. The first-order valence-corrected chi connectivity index (χ1v) is 7.19. The van der Waals surface area contributed by atoms with Crippen molar-refractivity contribution in [3.05, 3.63) is 30.3 Å². The van der Waals surface area contributed by atoms with E-state index in [0.717, 1.165) is 0 Å². The van der Waals surface area contributed by atoms with Crippen LogP contribution in [0.5, 0.6) is 5.75 Å². The predicted molar refractivity (Wildman–Crippen MR) is 79.2 cm³/mol. The summed E-state index contributed by atoms with van der Waals surface area (Å²) in [4.78, 5) is 27.2. The molecular formula is C15H21N3O3. The molecule has 0 radical (unpaired) electrons. The lowest BCUT2D eigenvalue weighted by atomic mass is 10.3. The van der Waals surface area contributed by atoms with Gasteiger partial charge >= 0.3 is 6.03 Å². The zero-order chi connectivity index (χ0) is 15.1. The SMILES string of the molecule is CCNC(=O)N1CCN(C(=O)COc2ccccc2)CC1. The van der Waals surface area contributed by atoms with Gasteiger partial charge in [-0.15, -0.1) is 0 Å². The van der Waals surface area contributed by atoms with Gasteiger partial charge in [0.15, 0.2) is 6.61 Å². The number of hydrogen-bond acceptors (Lipinski definition) is 3. The Morgan fingerprint density at radius 3 is 2.33 bits per heavy atom. The monoisotopic (exact) mass is 291 g/mol. The van der Waals surface area contributed by atoms with E-state index in [1.807, 2.05) is 37.3 Å². The molecule has 1 aromatic rings. The molecule has 21 heavy (non-hydrogen) atoms. The molecule has 2 rings (SSSR count). The van der Waals surface area contributed by atoms with Crippen molar-refractivity contribution >= 4 is 11.9 Å². The molecule has 114 valence electrons. The van der Waals surface area contributed by atoms with Gasteiger partial charge in [-0.1, -0.05) is 18.2 Å². The van der Waals surface area contributed by atoms with Gasteiger partial charge in [0.1, 0.15) is 5.75 Å². The second kappa shape index (κ2) is 7.52. The topological polar surface area (TPSA) is 61.9 Å². The number of ether oxygens (including phenoxy) is 1. The van der Waals surface area contributed by atoms with E-state index >= 15 is 0 Å². The molecule has 6 heteroatoms. The van der Waals surface area contributed by atoms with Crippen LogP contribution < -0.4 is 10.1 Å². The van der Waals surface area contributed by atoms with Crippen LogP contribution in [0.2, 0.25) is 0 Å². The quantitative estimate of drug-likeness (QED) is 0.898. The lowest BCUT2D eigenvalue weighted by Gasteiger charge is -2.34. The average Bonchev–Trinajstić information content (AvgIpc) is 2.54. The molecule has 6 nitrogen and oxygen atoms in total. The summed E-state index contributed by atoms with van der Waals surface area (Å²) < 4.78 is 5.45. The van der Waals surface area contributed by atoms with Crippen LogP contribution in [0.15, 0.2) is 30.3 Å². The Labute approximate surface area is 124 Å². The molecule has 1 N–H and O–H groups in total. The number of piperazine rings is 1. The van der Waals surface area contributed by atoms with Crippen molar-refractivity contribution in [1.29, 1.82) is 0 Å². The number of carbonyl (C=O) groups excluding carboxylic acids is 2. The maximum absolute atomic E-state index is 12.1. The van der Waals surface area contributed by atoms with Gasteiger partial charge in [-0.2, -0.15) is 0 Å². The molecule has 1 aromatic carbocycles. The average molecular weight is 291 g/mol. The highest BCUT2D eigenvalue weighted by molar-refractivity contribution is 5.78. The van der Waals surface area contributed by atoms with Gasteiger partial charge in [0.2, 0.25) is 0 Å². The lowest BCUT2D eigenvalue weighted by Crippen LogP contribution is -2.53. The van der Waals surface area contributed by atoms with Gasteiger partial charge in [0.25, 0.3) is 5.91 Å². The molecular weight excluding hydrogens is 270 g/mol. The summed E-state index contributed by atoms with van der Waals surface area (Å²) in [5.41, 5.74) is 0. The molecule has 0 aromatic heterocycles. The van der Waals surface area contributed by atoms with Gasteiger partial charge in [-0.3, -0.25) is 4.79 Å². The molecule has 0 spiro atoms. The maximum Gasteiger partial charge on any atom is 0.317 e. The van der Waals surface area contributed by atoms with E-state index in [1.165, 1.54) is 0 Å². The van der Waals surface area contributed by atoms with Gasteiger partial charge in [0.05, 0.1) is 0 Å². The lowest BCUT2D eigenvalue weighted by molar-refractivity contribution is -0.134. The Morgan fingerprint density at radius 2 is 1.71 bits per heavy atom. The Balaban J connectivity index is 1.74. The Kier molecular flexibility index (Phi) is 5.43. The highest BCUT2D eigenvalue weighted by Crippen LogP contribution is 2.09. The standard InChI is InChI=1S/C15H21N3O3/c1-2-16-15(20)18-10-8-17(9-11-18)14(19)12-21-13-6-4-3-5-7-13/h3-7H,2,8-12H2,1H3,(H,16,20). The third-order valence-corrected chi connectivity index (χ3v) is 3.35. The molecule has 1 aliphatic heterocycles. The zero-order valence-electron chi connectivity index (χ0n) is 12.2. The number of rotatable bonds is 4. The largest absolute Gasteiger partial charge is 0.484 e. The van der Waals surface area contributed by atoms with Crippen LogP contribution in [-0.2, 0) is 4.79 Å². The van der Waals surface area contributed by atoms with Crippen LogP contribution >= 0.6 is 0 Å². The van der Waals surface area contributed by atoms with E-state index in [2.05, 4.69) is 5.32 Å². The highest BCUT2D eigenvalue weighted by Gasteiger charge is 2.23. The number of nitrogens with one attached hydrogen (secondary N) is 1. The van der Waals surface area contributed by atoms with Gasteiger partial charge < -0.3 is 19.9 Å². The fourth-order valence-electron chi connectivity index (χ4n) is 2.18. The fourth-order valence-corrected chi connectivity index (χ4v) is 2.18. The Morgan fingerprint density at radius 1 is 1.10 bits per heavy atom. The first-order chi connectivity index (χ1) is 10.2.